The summed E-state index contributed by atoms with van der Waals surface area (Å²) in [5, 5.41) is 0. The van der Waals surface area contributed by atoms with Gasteiger partial charge in [-0.2, -0.15) is 0 Å². The highest BCUT2D eigenvalue weighted by Gasteiger charge is 2.04. The number of nitrogens with two attached hydrogens (primary N) is 1. The smallest absolute Gasteiger partial charge is 0.295 e. The molecule has 0 unspecified atom stereocenters. The number of nitrogens with one attached hydrogen (secondary N) is 1. The quantitative estimate of drug-likeness (QED) is 0.448. The van der Waals surface area contributed by atoms with Crippen molar-refractivity contribution in [1.29, 1.82) is 0 Å². The fraction of sp³-hybridized carbons (Fsp3) is 0.0833. The third kappa shape index (κ3) is 2.61. The number of carbonyl (C=O) groups excluding carboxylic acids is 1. The summed E-state index contributed by atoms with van der Waals surface area (Å²) in [6.07, 6.45) is 3.09. The molecule has 6 nitrogen and oxygen atoms in total. The molecule has 0 aliphatic carbocycles. The number of benzene rings is 1. The number of hydrazine groups is 1. The largest absolute Gasteiger partial charge is 0.347 e. The van der Waals surface area contributed by atoms with E-state index in [1.807, 2.05) is 6.07 Å². The predicted molar refractivity (Wildman–Crippen MR) is 65.7 cm³/mol. The Morgan fingerprint density at radius 1 is 1.39 bits per heavy atom. The van der Waals surface area contributed by atoms with Gasteiger partial charge in [0, 0.05) is 18.0 Å². The molecular formula is C12H12N4O2. The van der Waals surface area contributed by atoms with E-state index in [-0.39, 0.29) is 11.6 Å². The van der Waals surface area contributed by atoms with E-state index in [9.17, 15) is 9.59 Å². The summed E-state index contributed by atoms with van der Waals surface area (Å²) in [6, 6.07) is 8.57. The highest BCUT2D eigenvalue weighted by molar-refractivity contribution is 5.93. The maximum Gasteiger partial charge on any atom is 0.347 e. The molecule has 0 saturated heterocycles. The summed E-state index contributed by atoms with van der Waals surface area (Å²) in [6.45, 7) is 0.359. The first-order valence-corrected chi connectivity index (χ1v) is 5.32. The Hall–Kier alpha value is -2.47. The van der Waals surface area contributed by atoms with Crippen LogP contribution in [-0.2, 0) is 6.54 Å². The summed E-state index contributed by atoms with van der Waals surface area (Å²) in [7, 11) is 0. The zero-order chi connectivity index (χ0) is 13.0. The van der Waals surface area contributed by atoms with E-state index in [1.54, 1.807) is 30.5 Å². The molecule has 2 aromatic rings. The van der Waals surface area contributed by atoms with E-state index in [2.05, 4.69) is 10.4 Å². The third-order valence-electron chi connectivity index (χ3n) is 2.46. The Labute approximate surface area is 103 Å². The second-order valence-electron chi connectivity index (χ2n) is 3.70. The average Bonchev–Trinajstić information content (AvgIpc) is 2.41. The normalized spacial score (nSPS) is 10.1. The Bertz CT molecular complexity index is 621. The van der Waals surface area contributed by atoms with Crippen LogP contribution in [0.5, 0.6) is 0 Å². The number of amides is 1. The summed E-state index contributed by atoms with van der Waals surface area (Å²) >= 11 is 0. The number of hydrogen-bond acceptors (Lipinski definition) is 4. The van der Waals surface area contributed by atoms with Crippen LogP contribution < -0.4 is 17.0 Å². The molecule has 92 valence electrons. The van der Waals surface area contributed by atoms with Crippen LogP contribution in [0.25, 0.3) is 0 Å². The van der Waals surface area contributed by atoms with Gasteiger partial charge in [0.1, 0.15) is 0 Å². The van der Waals surface area contributed by atoms with Gasteiger partial charge in [-0.25, -0.2) is 15.6 Å². The van der Waals surface area contributed by atoms with E-state index in [0.717, 1.165) is 5.56 Å². The average molecular weight is 244 g/mol. The van der Waals surface area contributed by atoms with Crippen LogP contribution in [0.15, 0.2) is 47.5 Å². The van der Waals surface area contributed by atoms with E-state index in [4.69, 9.17) is 5.84 Å². The lowest BCUT2D eigenvalue weighted by Gasteiger charge is -2.06. The fourth-order valence-electron chi connectivity index (χ4n) is 1.60. The lowest BCUT2D eigenvalue weighted by molar-refractivity contribution is 0.0953. The molecule has 3 N–H and O–H groups in total. The van der Waals surface area contributed by atoms with Gasteiger partial charge in [0.05, 0.1) is 6.54 Å². The number of aromatic nitrogens is 2. The monoisotopic (exact) mass is 244 g/mol. The number of nitrogens with zero attached hydrogens (tertiary/aromatic N) is 2. The summed E-state index contributed by atoms with van der Waals surface area (Å²) in [5.74, 6) is 4.70. The van der Waals surface area contributed by atoms with Crippen LogP contribution in [0.2, 0.25) is 0 Å². The molecular weight excluding hydrogens is 232 g/mol. The second-order valence-corrected chi connectivity index (χ2v) is 3.70. The zero-order valence-corrected chi connectivity index (χ0v) is 9.54. The minimum Gasteiger partial charge on any atom is -0.295 e. The lowest BCUT2D eigenvalue weighted by atomic mass is 10.1. The van der Waals surface area contributed by atoms with Crippen LogP contribution in [0.4, 0.5) is 0 Å². The maximum absolute atomic E-state index is 11.5. The molecule has 0 spiro atoms. The van der Waals surface area contributed by atoms with Gasteiger partial charge >= 0.3 is 5.69 Å². The van der Waals surface area contributed by atoms with Gasteiger partial charge in [-0.3, -0.25) is 14.8 Å². The standard InChI is InChI=1S/C12H12N4O2/c13-15-11(17)10-4-1-3-9(7-10)8-16-6-2-5-14-12(16)18/h1-7H,8,13H2,(H,15,17). The van der Waals surface area contributed by atoms with Crippen molar-refractivity contribution in [2.75, 3.05) is 0 Å². The molecule has 0 saturated carbocycles. The Kier molecular flexibility index (Phi) is 3.49. The molecule has 0 aliphatic rings. The molecule has 0 aliphatic heterocycles. The number of carbonyl (C=O) groups is 1. The molecule has 0 bridgehead atoms. The van der Waals surface area contributed by atoms with Crippen molar-refractivity contribution < 1.29 is 4.79 Å². The summed E-state index contributed by atoms with van der Waals surface area (Å²) < 4.78 is 1.46. The van der Waals surface area contributed by atoms with Gasteiger partial charge in [-0.05, 0) is 23.8 Å². The fourth-order valence-corrected chi connectivity index (χ4v) is 1.60. The zero-order valence-electron chi connectivity index (χ0n) is 9.54. The molecule has 18 heavy (non-hydrogen) atoms. The van der Waals surface area contributed by atoms with Crippen molar-refractivity contribution in [1.82, 2.24) is 15.0 Å². The molecule has 0 atom stereocenters. The van der Waals surface area contributed by atoms with E-state index < -0.39 is 0 Å². The van der Waals surface area contributed by atoms with Gasteiger partial charge < -0.3 is 0 Å². The van der Waals surface area contributed by atoms with E-state index in [1.165, 1.54) is 10.8 Å². The molecule has 1 aromatic heterocycles. The number of hydrogen-bond donors (Lipinski definition) is 2. The van der Waals surface area contributed by atoms with Crippen LogP contribution in [0.3, 0.4) is 0 Å². The Morgan fingerprint density at radius 3 is 2.94 bits per heavy atom. The van der Waals surface area contributed by atoms with Gasteiger partial charge in [-0.15, -0.1) is 0 Å². The molecule has 2 rings (SSSR count). The minimum atomic E-state index is -0.365. The van der Waals surface area contributed by atoms with Crippen molar-refractivity contribution >= 4 is 5.91 Å². The van der Waals surface area contributed by atoms with Crippen molar-refractivity contribution in [3.8, 4) is 0 Å². The minimum absolute atomic E-state index is 0.328. The summed E-state index contributed by atoms with van der Waals surface area (Å²) in [4.78, 5) is 26.5. The second kappa shape index (κ2) is 5.24. The van der Waals surface area contributed by atoms with E-state index >= 15 is 0 Å². The number of nitrogen functional groups attached to an aromatic ring is 1. The van der Waals surface area contributed by atoms with Gasteiger partial charge in [0.25, 0.3) is 5.91 Å². The Balaban J connectivity index is 2.28. The van der Waals surface area contributed by atoms with Crippen LogP contribution in [-0.4, -0.2) is 15.5 Å². The highest BCUT2D eigenvalue weighted by atomic mass is 16.2. The number of rotatable bonds is 3. The first-order chi connectivity index (χ1) is 8.70. The van der Waals surface area contributed by atoms with Gasteiger partial charge in [-0.1, -0.05) is 12.1 Å². The molecule has 1 amide bonds. The van der Waals surface area contributed by atoms with Crippen LogP contribution in [0, 0.1) is 0 Å². The van der Waals surface area contributed by atoms with Crippen molar-refractivity contribution in [2.45, 2.75) is 6.54 Å². The molecule has 0 radical (unpaired) electrons. The van der Waals surface area contributed by atoms with Crippen LogP contribution in [0.1, 0.15) is 15.9 Å². The lowest BCUT2D eigenvalue weighted by Crippen LogP contribution is -2.30. The molecule has 0 fully saturated rings. The van der Waals surface area contributed by atoms with Crippen molar-refractivity contribution in [3.05, 3.63) is 64.3 Å². The van der Waals surface area contributed by atoms with Crippen molar-refractivity contribution in [3.63, 3.8) is 0 Å². The molecule has 6 heteroatoms. The van der Waals surface area contributed by atoms with Crippen molar-refractivity contribution in [2.24, 2.45) is 5.84 Å². The maximum atomic E-state index is 11.5. The Morgan fingerprint density at radius 2 is 2.22 bits per heavy atom. The van der Waals surface area contributed by atoms with Gasteiger partial charge in [0.2, 0.25) is 0 Å². The predicted octanol–water partition coefficient (Wildman–Crippen LogP) is -0.105. The molecule has 1 heterocycles. The SMILES string of the molecule is NNC(=O)c1cccc(Cn2cccnc2=O)c1. The van der Waals surface area contributed by atoms with Crippen LogP contribution >= 0.6 is 0 Å². The van der Waals surface area contributed by atoms with E-state index in [0.29, 0.717) is 12.1 Å². The topological polar surface area (TPSA) is 90.0 Å². The highest BCUT2D eigenvalue weighted by Crippen LogP contribution is 2.06. The molecule has 1 aromatic carbocycles. The first-order valence-electron chi connectivity index (χ1n) is 5.32. The summed E-state index contributed by atoms with van der Waals surface area (Å²) in [5.41, 5.74) is 3.01. The third-order valence-corrected chi connectivity index (χ3v) is 2.46. The first kappa shape index (κ1) is 12.0. The van der Waals surface area contributed by atoms with Gasteiger partial charge in [0.15, 0.2) is 0 Å².